The lowest BCUT2D eigenvalue weighted by Gasteiger charge is -2.25. The molecule has 0 saturated heterocycles. The van der Waals surface area contributed by atoms with Crippen LogP contribution in [0.4, 0.5) is 0 Å². The molecule has 0 spiro atoms. The zero-order valence-electron chi connectivity index (χ0n) is 27.9. The Hall–Kier alpha value is -4.13. The number of carboxylic acid groups (broad SMARTS) is 1. The average Bonchev–Trinajstić information content (AvgIpc) is 2.97. The van der Waals surface area contributed by atoms with E-state index in [0.29, 0.717) is 23.5 Å². The quantitative estimate of drug-likeness (QED) is 0.140. The van der Waals surface area contributed by atoms with Crippen molar-refractivity contribution in [2.75, 3.05) is 6.61 Å². The molecule has 3 rings (SSSR count). The first-order valence-electron chi connectivity index (χ1n) is 15.9. The minimum atomic E-state index is -1.01. The molecule has 0 aliphatic heterocycles. The first-order chi connectivity index (χ1) is 21.2. The van der Waals surface area contributed by atoms with Crippen LogP contribution >= 0.6 is 0 Å². The van der Waals surface area contributed by atoms with Crippen LogP contribution in [0.15, 0.2) is 66.7 Å². The van der Waals surface area contributed by atoms with Gasteiger partial charge in [0.15, 0.2) is 0 Å². The number of rotatable bonds is 14. The Labute approximate surface area is 268 Å². The summed E-state index contributed by atoms with van der Waals surface area (Å²) in [5.41, 5.74) is 3.26. The zero-order valence-corrected chi connectivity index (χ0v) is 27.9. The Morgan fingerprint density at radius 1 is 0.800 bits per heavy atom. The van der Waals surface area contributed by atoms with Gasteiger partial charge in [-0.1, -0.05) is 89.8 Å². The highest BCUT2D eigenvalue weighted by Crippen LogP contribution is 2.32. The SMILES string of the molecule is CCCCCCCOc1ccc(C(=O)O)cc1-c1ccc(CC(NC(=O)c2ccc(C(C)(C)C)cc2)C(=O)OC(C)(C)C)cc1. The second-order valence-corrected chi connectivity index (χ2v) is 13.6. The molecule has 242 valence electrons. The molecule has 0 aliphatic carbocycles. The van der Waals surface area contributed by atoms with Crippen LogP contribution in [0, 0.1) is 0 Å². The van der Waals surface area contributed by atoms with Crippen molar-refractivity contribution in [3.8, 4) is 16.9 Å². The summed E-state index contributed by atoms with van der Waals surface area (Å²) < 4.78 is 11.7. The molecule has 0 saturated carbocycles. The molecule has 7 nitrogen and oxygen atoms in total. The predicted octanol–water partition coefficient (Wildman–Crippen LogP) is 8.38. The van der Waals surface area contributed by atoms with Crippen molar-refractivity contribution in [1.29, 1.82) is 0 Å². The van der Waals surface area contributed by atoms with E-state index in [1.54, 1.807) is 51.1 Å². The van der Waals surface area contributed by atoms with Crippen molar-refractivity contribution in [3.63, 3.8) is 0 Å². The van der Waals surface area contributed by atoms with E-state index in [1.807, 2.05) is 36.4 Å². The van der Waals surface area contributed by atoms with Gasteiger partial charge < -0.3 is 19.9 Å². The zero-order chi connectivity index (χ0) is 33.2. The summed E-state index contributed by atoms with van der Waals surface area (Å²) in [7, 11) is 0. The number of hydrogen-bond donors (Lipinski definition) is 2. The van der Waals surface area contributed by atoms with Crippen LogP contribution in [-0.2, 0) is 21.4 Å². The summed E-state index contributed by atoms with van der Waals surface area (Å²) in [4.78, 5) is 38.2. The Morgan fingerprint density at radius 2 is 1.42 bits per heavy atom. The lowest BCUT2D eigenvalue weighted by atomic mass is 9.86. The van der Waals surface area contributed by atoms with Crippen LogP contribution in [0.2, 0.25) is 0 Å². The molecule has 0 heterocycles. The molecule has 7 heteroatoms. The van der Waals surface area contributed by atoms with Crippen molar-refractivity contribution < 1.29 is 29.0 Å². The minimum absolute atomic E-state index is 0.0453. The van der Waals surface area contributed by atoms with Gasteiger partial charge in [-0.2, -0.15) is 0 Å². The highest BCUT2D eigenvalue weighted by molar-refractivity contribution is 5.97. The molecule has 3 aromatic carbocycles. The fourth-order valence-corrected chi connectivity index (χ4v) is 4.89. The standard InChI is InChI=1S/C38H49NO6/c1-8-9-10-11-12-23-44-33-22-19-29(35(41)42)25-31(33)27-15-13-26(14-16-27)24-32(36(43)45-38(5,6)7)39-34(40)28-17-20-30(21-18-28)37(2,3)4/h13-22,25,32H,8-12,23-24H2,1-7H3,(H,39,40)(H,41,42). The number of carbonyl (C=O) groups is 3. The highest BCUT2D eigenvalue weighted by Gasteiger charge is 2.28. The molecule has 0 radical (unpaired) electrons. The van der Waals surface area contributed by atoms with Gasteiger partial charge in [0, 0.05) is 17.5 Å². The monoisotopic (exact) mass is 615 g/mol. The number of nitrogens with one attached hydrogen (secondary N) is 1. The normalized spacial score (nSPS) is 12.3. The van der Waals surface area contributed by atoms with Crippen LogP contribution in [0.1, 0.15) is 112 Å². The maximum absolute atomic E-state index is 13.2. The van der Waals surface area contributed by atoms with E-state index in [1.165, 1.54) is 19.3 Å². The van der Waals surface area contributed by atoms with Gasteiger partial charge in [-0.3, -0.25) is 4.79 Å². The first kappa shape index (κ1) is 35.4. The van der Waals surface area contributed by atoms with Crippen LogP contribution < -0.4 is 10.1 Å². The number of benzene rings is 3. The number of unbranched alkanes of at least 4 members (excludes halogenated alkanes) is 4. The van der Waals surface area contributed by atoms with E-state index in [0.717, 1.165) is 29.5 Å². The summed E-state index contributed by atoms with van der Waals surface area (Å²) in [5.74, 6) is -1.26. The van der Waals surface area contributed by atoms with Gasteiger partial charge in [0.25, 0.3) is 5.91 Å². The number of hydrogen-bond acceptors (Lipinski definition) is 5. The van der Waals surface area contributed by atoms with Crippen LogP contribution in [0.5, 0.6) is 5.75 Å². The molecular weight excluding hydrogens is 566 g/mol. The maximum atomic E-state index is 13.2. The third-order valence-electron chi connectivity index (χ3n) is 7.45. The third-order valence-corrected chi connectivity index (χ3v) is 7.45. The van der Waals surface area contributed by atoms with Crippen molar-refractivity contribution >= 4 is 17.8 Å². The topological polar surface area (TPSA) is 102 Å². The summed E-state index contributed by atoms with van der Waals surface area (Å²) in [6, 6.07) is 18.9. The lowest BCUT2D eigenvalue weighted by molar-refractivity contribution is -0.157. The largest absolute Gasteiger partial charge is 0.493 e. The van der Waals surface area contributed by atoms with Crippen molar-refractivity contribution in [2.45, 2.75) is 104 Å². The van der Waals surface area contributed by atoms with Gasteiger partial charge in [0.1, 0.15) is 17.4 Å². The highest BCUT2D eigenvalue weighted by atomic mass is 16.6. The van der Waals surface area contributed by atoms with E-state index >= 15 is 0 Å². The van der Waals surface area contributed by atoms with Crippen molar-refractivity contribution in [3.05, 3.63) is 89.0 Å². The van der Waals surface area contributed by atoms with Crippen LogP contribution in [0.3, 0.4) is 0 Å². The molecule has 0 fully saturated rings. The maximum Gasteiger partial charge on any atom is 0.335 e. The Balaban J connectivity index is 1.81. The lowest BCUT2D eigenvalue weighted by Crippen LogP contribution is -2.45. The van der Waals surface area contributed by atoms with Gasteiger partial charge in [-0.25, -0.2) is 9.59 Å². The molecule has 3 aromatic rings. The second kappa shape index (κ2) is 15.7. The van der Waals surface area contributed by atoms with Gasteiger partial charge in [0.2, 0.25) is 0 Å². The van der Waals surface area contributed by atoms with Crippen LogP contribution in [0.25, 0.3) is 11.1 Å². The fourth-order valence-electron chi connectivity index (χ4n) is 4.89. The van der Waals surface area contributed by atoms with Crippen molar-refractivity contribution in [2.24, 2.45) is 0 Å². The smallest absolute Gasteiger partial charge is 0.335 e. The molecule has 0 aromatic heterocycles. The molecule has 45 heavy (non-hydrogen) atoms. The molecular formula is C38H49NO6. The number of carbonyl (C=O) groups excluding carboxylic acids is 2. The first-order valence-corrected chi connectivity index (χ1v) is 15.9. The van der Waals surface area contributed by atoms with Gasteiger partial charge in [-0.15, -0.1) is 0 Å². The third kappa shape index (κ3) is 11.1. The second-order valence-electron chi connectivity index (χ2n) is 13.6. The van der Waals surface area contributed by atoms with E-state index in [4.69, 9.17) is 9.47 Å². The number of esters is 1. The molecule has 1 atom stereocenters. The number of amides is 1. The molecule has 0 bridgehead atoms. The average molecular weight is 616 g/mol. The van der Waals surface area contributed by atoms with Crippen molar-refractivity contribution in [1.82, 2.24) is 5.32 Å². The molecule has 1 amide bonds. The summed E-state index contributed by atoms with van der Waals surface area (Å²) in [5, 5.41) is 12.5. The van der Waals surface area contributed by atoms with E-state index in [2.05, 4.69) is 33.0 Å². The molecule has 1 unspecified atom stereocenters. The molecule has 2 N–H and O–H groups in total. The van der Waals surface area contributed by atoms with E-state index in [-0.39, 0.29) is 23.3 Å². The minimum Gasteiger partial charge on any atom is -0.493 e. The van der Waals surface area contributed by atoms with Gasteiger partial charge in [-0.05, 0) is 79.6 Å². The molecule has 0 aliphatic rings. The Morgan fingerprint density at radius 3 is 2.00 bits per heavy atom. The summed E-state index contributed by atoms with van der Waals surface area (Å²) >= 11 is 0. The van der Waals surface area contributed by atoms with E-state index in [9.17, 15) is 19.5 Å². The Bertz CT molecular complexity index is 1430. The van der Waals surface area contributed by atoms with Gasteiger partial charge >= 0.3 is 11.9 Å². The van der Waals surface area contributed by atoms with Gasteiger partial charge in [0.05, 0.1) is 12.2 Å². The van der Waals surface area contributed by atoms with E-state index < -0.39 is 23.6 Å². The Kier molecular flexibility index (Phi) is 12.4. The predicted molar refractivity (Wildman–Crippen MR) is 179 cm³/mol. The number of carboxylic acids is 1. The summed E-state index contributed by atoms with van der Waals surface area (Å²) in [6.45, 7) is 14.4. The fraction of sp³-hybridized carbons (Fsp3) is 0.447. The number of aromatic carboxylic acids is 1. The summed E-state index contributed by atoms with van der Waals surface area (Å²) in [6.07, 6.45) is 5.78. The van der Waals surface area contributed by atoms with Crippen LogP contribution in [-0.4, -0.2) is 41.2 Å². The number of ether oxygens (including phenoxy) is 2.